The van der Waals surface area contributed by atoms with Gasteiger partial charge in [-0.25, -0.2) is 0 Å². The summed E-state index contributed by atoms with van der Waals surface area (Å²) in [5.74, 6) is 0.597. The number of ketones is 1. The molecule has 0 bridgehead atoms. The highest BCUT2D eigenvalue weighted by Gasteiger charge is 2.23. The summed E-state index contributed by atoms with van der Waals surface area (Å²) >= 11 is 0. The van der Waals surface area contributed by atoms with Gasteiger partial charge in [0.15, 0.2) is 0 Å². The Morgan fingerprint density at radius 3 is 2.54 bits per heavy atom. The molecule has 1 heterocycles. The number of methoxy groups -OCH3 is 2. The second-order valence-corrected chi connectivity index (χ2v) is 6.34. The molecule has 2 aromatic carbocycles. The van der Waals surface area contributed by atoms with E-state index < -0.39 is 0 Å². The number of carbonyl (C=O) groups excluding carboxylic acids is 1. The van der Waals surface area contributed by atoms with Crippen LogP contribution in [-0.4, -0.2) is 34.1 Å². The molecule has 0 radical (unpaired) electrons. The van der Waals surface area contributed by atoms with Gasteiger partial charge in [0.1, 0.15) is 29.9 Å². The van der Waals surface area contributed by atoms with Crippen LogP contribution in [0.2, 0.25) is 0 Å². The number of hydrogen-bond donors (Lipinski definition) is 1. The first-order valence-corrected chi connectivity index (χ1v) is 8.22. The fourth-order valence-corrected chi connectivity index (χ4v) is 3.01. The number of quaternary nitrogens is 1. The van der Waals surface area contributed by atoms with Crippen molar-refractivity contribution >= 4 is 16.8 Å². The average Bonchev–Trinajstić information content (AvgIpc) is 3.07. The number of nitrogens with one attached hydrogen (secondary N) is 1. The zero-order chi connectivity index (χ0) is 18.8. The molecular weight excluding hydrogens is 334 g/mol. The average molecular weight is 355 g/mol. The fraction of sp³-hybridized carbons (Fsp3) is 0.250. The summed E-state index contributed by atoms with van der Waals surface area (Å²) in [6.45, 7) is 0.491. The van der Waals surface area contributed by atoms with Gasteiger partial charge in [-0.05, 0) is 24.3 Å². The van der Waals surface area contributed by atoms with Crippen molar-refractivity contribution in [1.29, 1.82) is 0 Å². The van der Waals surface area contributed by atoms with Crippen molar-refractivity contribution in [3.05, 3.63) is 53.3 Å². The number of furan rings is 1. The molecule has 0 aliphatic carbocycles. The van der Waals surface area contributed by atoms with Crippen LogP contribution in [0, 0.1) is 0 Å². The van der Waals surface area contributed by atoms with Gasteiger partial charge in [-0.3, -0.25) is 4.79 Å². The molecule has 1 aromatic heterocycles. The molecule has 0 spiro atoms. The third kappa shape index (κ3) is 3.11. The largest absolute Gasteiger partial charge is 0.872 e. The van der Waals surface area contributed by atoms with E-state index in [4.69, 9.17) is 13.9 Å². The summed E-state index contributed by atoms with van der Waals surface area (Å²) in [6.07, 6.45) is 1.40. The number of ether oxygens (including phenoxy) is 2. The summed E-state index contributed by atoms with van der Waals surface area (Å²) < 4.78 is 16.1. The lowest BCUT2D eigenvalue weighted by molar-refractivity contribution is -0.872. The van der Waals surface area contributed by atoms with Gasteiger partial charge in [0.05, 0.1) is 39.4 Å². The number of carbonyl (C=O) groups is 1. The SMILES string of the molecule is COc1ccc(OC)c(C(=O)c2coc3ccc([O-])c(C[NH+](C)C)c23)c1. The minimum atomic E-state index is -0.278. The highest BCUT2D eigenvalue weighted by molar-refractivity contribution is 6.18. The third-order valence-corrected chi connectivity index (χ3v) is 4.23. The summed E-state index contributed by atoms with van der Waals surface area (Å²) in [6, 6.07) is 8.10. The predicted octanol–water partition coefficient (Wildman–Crippen LogP) is 1.40. The molecule has 0 fully saturated rings. The number of benzene rings is 2. The Kier molecular flexibility index (Phi) is 4.86. The molecule has 136 valence electrons. The van der Waals surface area contributed by atoms with E-state index in [0.717, 1.165) is 4.90 Å². The molecule has 3 aromatic rings. The molecule has 6 nitrogen and oxygen atoms in total. The third-order valence-electron chi connectivity index (χ3n) is 4.23. The van der Waals surface area contributed by atoms with Crippen molar-refractivity contribution in [3.8, 4) is 17.2 Å². The molecule has 0 aliphatic heterocycles. The lowest BCUT2D eigenvalue weighted by atomic mass is 9.98. The Labute approximate surface area is 151 Å². The maximum absolute atomic E-state index is 13.2. The Bertz CT molecular complexity index is 958. The topological polar surface area (TPSA) is 76.2 Å². The maximum atomic E-state index is 13.2. The predicted molar refractivity (Wildman–Crippen MR) is 95.2 cm³/mol. The summed E-state index contributed by atoms with van der Waals surface area (Å²) in [7, 11) is 6.93. The highest BCUT2D eigenvalue weighted by Crippen LogP contribution is 2.33. The normalized spacial score (nSPS) is 11.1. The lowest BCUT2D eigenvalue weighted by Crippen LogP contribution is -3.04. The van der Waals surface area contributed by atoms with E-state index in [1.54, 1.807) is 24.3 Å². The summed E-state index contributed by atoms with van der Waals surface area (Å²) in [5, 5.41) is 13.0. The summed E-state index contributed by atoms with van der Waals surface area (Å²) in [5.41, 5.74) is 1.79. The molecule has 0 unspecified atom stereocenters. The Hall–Kier alpha value is -2.99. The van der Waals surface area contributed by atoms with E-state index in [-0.39, 0.29) is 11.5 Å². The monoisotopic (exact) mass is 355 g/mol. The van der Waals surface area contributed by atoms with E-state index in [1.165, 1.54) is 26.5 Å². The number of hydrogen-bond acceptors (Lipinski definition) is 5. The van der Waals surface area contributed by atoms with E-state index in [9.17, 15) is 9.90 Å². The highest BCUT2D eigenvalue weighted by atomic mass is 16.5. The molecule has 6 heteroatoms. The number of fused-ring (bicyclic) bond motifs is 1. The van der Waals surface area contributed by atoms with Gasteiger partial charge in [0.2, 0.25) is 5.78 Å². The van der Waals surface area contributed by atoms with Crippen molar-refractivity contribution in [1.82, 2.24) is 0 Å². The second kappa shape index (κ2) is 7.09. The maximum Gasteiger partial charge on any atom is 0.200 e. The van der Waals surface area contributed by atoms with Gasteiger partial charge < -0.3 is 23.9 Å². The van der Waals surface area contributed by atoms with Gasteiger partial charge in [-0.15, -0.1) is 0 Å². The van der Waals surface area contributed by atoms with Gasteiger partial charge >= 0.3 is 0 Å². The van der Waals surface area contributed by atoms with E-state index >= 15 is 0 Å². The van der Waals surface area contributed by atoms with Crippen molar-refractivity contribution in [3.63, 3.8) is 0 Å². The molecular formula is C20H21NO5. The van der Waals surface area contributed by atoms with Crippen LogP contribution in [0.15, 0.2) is 41.0 Å². The first-order chi connectivity index (χ1) is 12.5. The van der Waals surface area contributed by atoms with Gasteiger partial charge in [-0.1, -0.05) is 11.8 Å². The quantitative estimate of drug-likeness (QED) is 0.677. The molecule has 26 heavy (non-hydrogen) atoms. The zero-order valence-corrected chi connectivity index (χ0v) is 15.2. The lowest BCUT2D eigenvalue weighted by Gasteiger charge is -2.17. The Morgan fingerprint density at radius 2 is 1.88 bits per heavy atom. The Balaban J connectivity index is 2.20. The smallest absolute Gasteiger partial charge is 0.200 e. The first kappa shape index (κ1) is 17.8. The van der Waals surface area contributed by atoms with Crippen molar-refractivity contribution in [2.24, 2.45) is 0 Å². The zero-order valence-electron chi connectivity index (χ0n) is 15.2. The Morgan fingerprint density at radius 1 is 1.12 bits per heavy atom. The van der Waals surface area contributed by atoms with Gasteiger partial charge in [0, 0.05) is 10.9 Å². The van der Waals surface area contributed by atoms with E-state index in [0.29, 0.717) is 45.7 Å². The molecule has 0 saturated carbocycles. The van der Waals surface area contributed by atoms with Crippen molar-refractivity contribution in [2.75, 3.05) is 28.3 Å². The molecule has 0 amide bonds. The molecule has 0 atom stereocenters. The van der Waals surface area contributed by atoms with Crippen molar-refractivity contribution in [2.45, 2.75) is 6.54 Å². The van der Waals surface area contributed by atoms with Crippen molar-refractivity contribution < 1.29 is 28.7 Å². The summed E-state index contributed by atoms with van der Waals surface area (Å²) in [4.78, 5) is 14.3. The van der Waals surface area contributed by atoms with Crippen LogP contribution >= 0.6 is 0 Å². The van der Waals surface area contributed by atoms with Crippen LogP contribution < -0.4 is 19.5 Å². The standard InChI is InChI=1S/C20H21NO5/c1-21(2)10-14-16(22)6-8-18-19(14)15(11-26-18)20(23)13-9-12(24-3)5-7-17(13)25-4/h5-9,11,22H,10H2,1-4H3. The fourth-order valence-electron chi connectivity index (χ4n) is 3.01. The van der Waals surface area contributed by atoms with Gasteiger partial charge in [-0.2, -0.15) is 0 Å². The molecule has 1 N–H and O–H groups in total. The van der Waals surface area contributed by atoms with Crippen LogP contribution in [0.1, 0.15) is 21.5 Å². The van der Waals surface area contributed by atoms with Gasteiger partial charge in [0.25, 0.3) is 0 Å². The molecule has 0 aliphatic rings. The molecule has 0 saturated heterocycles. The first-order valence-electron chi connectivity index (χ1n) is 8.22. The van der Waals surface area contributed by atoms with Crippen LogP contribution in [0.4, 0.5) is 0 Å². The molecule has 3 rings (SSSR count). The van der Waals surface area contributed by atoms with Crippen LogP contribution in [-0.2, 0) is 6.54 Å². The number of rotatable bonds is 6. The van der Waals surface area contributed by atoms with E-state index in [2.05, 4.69) is 0 Å². The minimum Gasteiger partial charge on any atom is -0.872 e. The second-order valence-electron chi connectivity index (χ2n) is 6.34. The van der Waals surface area contributed by atoms with E-state index in [1.807, 2.05) is 14.1 Å². The van der Waals surface area contributed by atoms with Crippen LogP contribution in [0.5, 0.6) is 17.2 Å². The minimum absolute atomic E-state index is 0.105. The van der Waals surface area contributed by atoms with Crippen LogP contribution in [0.3, 0.4) is 0 Å². The van der Waals surface area contributed by atoms with Crippen LogP contribution in [0.25, 0.3) is 11.0 Å².